The third-order valence-corrected chi connectivity index (χ3v) is 2.58. The molecule has 0 unspecified atom stereocenters. The lowest BCUT2D eigenvalue weighted by molar-refractivity contribution is -0.384. The zero-order valence-electron chi connectivity index (χ0n) is 10.2. The van der Waals surface area contributed by atoms with E-state index in [1.54, 1.807) is 18.2 Å². The molecule has 19 heavy (non-hydrogen) atoms. The van der Waals surface area contributed by atoms with Gasteiger partial charge < -0.3 is 4.74 Å². The minimum atomic E-state index is -0.462. The second-order valence-corrected chi connectivity index (χ2v) is 3.95. The summed E-state index contributed by atoms with van der Waals surface area (Å²) in [6, 6.07) is 13.0. The Hall–Kier alpha value is -2.87. The van der Waals surface area contributed by atoms with E-state index in [0.29, 0.717) is 17.1 Å². The Kier molecular flexibility index (Phi) is 3.44. The molecular formula is C14H10N2O3. The van der Waals surface area contributed by atoms with Gasteiger partial charge in [-0.2, -0.15) is 5.26 Å². The summed E-state index contributed by atoms with van der Waals surface area (Å²) in [5, 5.41) is 19.3. The molecule has 0 amide bonds. The van der Waals surface area contributed by atoms with Crippen LogP contribution in [0.15, 0.2) is 42.5 Å². The van der Waals surface area contributed by atoms with E-state index in [0.717, 1.165) is 5.56 Å². The molecule has 2 aromatic rings. The van der Waals surface area contributed by atoms with Crippen molar-refractivity contribution in [3.05, 3.63) is 63.7 Å². The number of rotatable bonds is 3. The lowest BCUT2D eigenvalue weighted by Gasteiger charge is -2.08. The molecule has 0 aliphatic carbocycles. The van der Waals surface area contributed by atoms with Crippen LogP contribution in [0.4, 0.5) is 5.69 Å². The third kappa shape index (κ3) is 2.87. The minimum absolute atomic E-state index is 0.0175. The van der Waals surface area contributed by atoms with Gasteiger partial charge in [-0.3, -0.25) is 10.1 Å². The first-order chi connectivity index (χ1) is 9.10. The fourth-order valence-corrected chi connectivity index (χ4v) is 1.60. The molecule has 0 aliphatic rings. The van der Waals surface area contributed by atoms with E-state index in [4.69, 9.17) is 10.00 Å². The Morgan fingerprint density at radius 2 is 1.89 bits per heavy atom. The molecule has 0 saturated heterocycles. The quantitative estimate of drug-likeness (QED) is 0.619. The Balaban J connectivity index is 2.22. The zero-order chi connectivity index (χ0) is 13.8. The summed E-state index contributed by atoms with van der Waals surface area (Å²) < 4.78 is 5.61. The summed E-state index contributed by atoms with van der Waals surface area (Å²) in [5.41, 5.74) is 1.41. The lowest BCUT2D eigenvalue weighted by atomic mass is 10.1. The number of benzene rings is 2. The van der Waals surface area contributed by atoms with Crippen LogP contribution in [0.3, 0.4) is 0 Å². The van der Waals surface area contributed by atoms with Gasteiger partial charge in [-0.1, -0.05) is 0 Å². The lowest BCUT2D eigenvalue weighted by Crippen LogP contribution is -1.90. The number of nitro groups is 1. The van der Waals surface area contributed by atoms with Crippen molar-refractivity contribution in [2.45, 2.75) is 6.92 Å². The van der Waals surface area contributed by atoms with Gasteiger partial charge in [-0.25, -0.2) is 0 Å². The predicted molar refractivity (Wildman–Crippen MR) is 69.1 cm³/mol. The average molecular weight is 254 g/mol. The zero-order valence-corrected chi connectivity index (χ0v) is 10.2. The molecule has 0 saturated carbocycles. The van der Waals surface area contributed by atoms with E-state index in [1.165, 1.54) is 24.3 Å². The molecule has 0 N–H and O–H groups in total. The van der Waals surface area contributed by atoms with Crippen LogP contribution in [0.25, 0.3) is 0 Å². The Morgan fingerprint density at radius 3 is 2.42 bits per heavy atom. The van der Waals surface area contributed by atoms with Gasteiger partial charge in [-0.05, 0) is 42.8 Å². The van der Waals surface area contributed by atoms with Crippen molar-refractivity contribution >= 4 is 5.69 Å². The van der Waals surface area contributed by atoms with Gasteiger partial charge in [-0.15, -0.1) is 0 Å². The van der Waals surface area contributed by atoms with Crippen LogP contribution in [0.5, 0.6) is 11.5 Å². The van der Waals surface area contributed by atoms with Gasteiger partial charge in [0.05, 0.1) is 16.6 Å². The maximum Gasteiger partial charge on any atom is 0.269 e. The first kappa shape index (κ1) is 12.6. The molecule has 2 rings (SSSR count). The van der Waals surface area contributed by atoms with E-state index in [2.05, 4.69) is 0 Å². The van der Waals surface area contributed by atoms with E-state index in [9.17, 15) is 10.1 Å². The van der Waals surface area contributed by atoms with Crippen LogP contribution in [-0.4, -0.2) is 4.92 Å². The molecule has 2 aromatic carbocycles. The summed E-state index contributed by atoms with van der Waals surface area (Å²) in [6.07, 6.45) is 0. The minimum Gasteiger partial charge on any atom is -0.457 e. The molecule has 94 valence electrons. The van der Waals surface area contributed by atoms with Gasteiger partial charge in [0.1, 0.15) is 11.5 Å². The Bertz CT molecular complexity index is 657. The van der Waals surface area contributed by atoms with Crippen LogP contribution in [0, 0.1) is 28.4 Å². The fourth-order valence-electron chi connectivity index (χ4n) is 1.60. The van der Waals surface area contributed by atoms with Gasteiger partial charge >= 0.3 is 0 Å². The van der Waals surface area contributed by atoms with Gasteiger partial charge in [0, 0.05) is 12.1 Å². The number of nitro benzene ring substituents is 1. The largest absolute Gasteiger partial charge is 0.457 e. The maximum atomic E-state index is 10.5. The molecular weight excluding hydrogens is 244 g/mol. The summed E-state index contributed by atoms with van der Waals surface area (Å²) in [7, 11) is 0. The highest BCUT2D eigenvalue weighted by molar-refractivity contribution is 5.44. The number of non-ortho nitro benzene ring substituents is 1. The van der Waals surface area contributed by atoms with E-state index in [-0.39, 0.29) is 5.69 Å². The Morgan fingerprint density at radius 1 is 1.21 bits per heavy atom. The first-order valence-corrected chi connectivity index (χ1v) is 5.53. The first-order valence-electron chi connectivity index (χ1n) is 5.53. The molecule has 5 nitrogen and oxygen atoms in total. The molecule has 0 aromatic heterocycles. The number of hydrogen-bond acceptors (Lipinski definition) is 4. The average Bonchev–Trinajstić information content (AvgIpc) is 2.41. The second-order valence-electron chi connectivity index (χ2n) is 3.95. The second kappa shape index (κ2) is 5.19. The van der Waals surface area contributed by atoms with Crippen molar-refractivity contribution in [3.8, 4) is 17.6 Å². The molecule has 0 atom stereocenters. The van der Waals surface area contributed by atoms with Crippen molar-refractivity contribution in [1.82, 2.24) is 0 Å². The standard InChI is InChI=1S/C14H10N2O3/c1-10-8-11(9-15)2-7-14(10)19-13-5-3-12(4-6-13)16(17)18/h2-8H,1H3. The van der Waals surface area contributed by atoms with Crippen LogP contribution in [0.2, 0.25) is 0 Å². The number of nitrogens with zero attached hydrogens (tertiary/aromatic N) is 2. The van der Waals surface area contributed by atoms with Crippen LogP contribution < -0.4 is 4.74 Å². The van der Waals surface area contributed by atoms with Crippen molar-refractivity contribution in [3.63, 3.8) is 0 Å². The summed E-state index contributed by atoms with van der Waals surface area (Å²) in [6.45, 7) is 1.83. The van der Waals surface area contributed by atoms with Crippen molar-refractivity contribution in [2.75, 3.05) is 0 Å². The van der Waals surface area contributed by atoms with E-state index >= 15 is 0 Å². The topological polar surface area (TPSA) is 76.2 Å². The van der Waals surface area contributed by atoms with Crippen LogP contribution in [-0.2, 0) is 0 Å². The molecule has 0 heterocycles. The Labute approximate surface area is 109 Å². The molecule has 0 radical (unpaired) electrons. The van der Waals surface area contributed by atoms with Gasteiger partial charge in [0.2, 0.25) is 0 Å². The molecule has 0 bridgehead atoms. The monoisotopic (exact) mass is 254 g/mol. The van der Waals surface area contributed by atoms with E-state index in [1.807, 2.05) is 13.0 Å². The predicted octanol–water partition coefficient (Wildman–Crippen LogP) is 3.57. The van der Waals surface area contributed by atoms with Crippen LogP contribution in [0.1, 0.15) is 11.1 Å². The summed E-state index contributed by atoms with van der Waals surface area (Å²) in [5.74, 6) is 1.13. The molecule has 5 heteroatoms. The number of hydrogen-bond donors (Lipinski definition) is 0. The summed E-state index contributed by atoms with van der Waals surface area (Å²) in [4.78, 5) is 10.1. The highest BCUT2D eigenvalue weighted by Gasteiger charge is 2.06. The molecule has 0 spiro atoms. The summed E-state index contributed by atoms with van der Waals surface area (Å²) >= 11 is 0. The molecule has 0 aliphatic heterocycles. The van der Waals surface area contributed by atoms with Gasteiger partial charge in [0.25, 0.3) is 5.69 Å². The maximum absolute atomic E-state index is 10.5. The smallest absolute Gasteiger partial charge is 0.269 e. The third-order valence-electron chi connectivity index (χ3n) is 2.58. The number of ether oxygens (including phenoxy) is 1. The SMILES string of the molecule is Cc1cc(C#N)ccc1Oc1ccc([N+](=O)[O-])cc1. The van der Waals surface area contributed by atoms with Crippen molar-refractivity contribution < 1.29 is 9.66 Å². The van der Waals surface area contributed by atoms with Crippen molar-refractivity contribution in [2.24, 2.45) is 0 Å². The highest BCUT2D eigenvalue weighted by Crippen LogP contribution is 2.27. The fraction of sp³-hybridized carbons (Fsp3) is 0.0714. The van der Waals surface area contributed by atoms with Crippen LogP contribution >= 0.6 is 0 Å². The normalized spacial score (nSPS) is 9.68. The highest BCUT2D eigenvalue weighted by atomic mass is 16.6. The molecule has 0 fully saturated rings. The van der Waals surface area contributed by atoms with Crippen molar-refractivity contribution in [1.29, 1.82) is 5.26 Å². The number of nitriles is 1. The van der Waals surface area contributed by atoms with Gasteiger partial charge in [0.15, 0.2) is 0 Å². The van der Waals surface area contributed by atoms with E-state index < -0.39 is 4.92 Å². The number of aryl methyl sites for hydroxylation is 1.